The molecule has 0 fully saturated rings. The minimum absolute atomic E-state index is 0.168. The highest BCUT2D eigenvalue weighted by molar-refractivity contribution is 5.98. The smallest absolute Gasteiger partial charge is 0.258 e. The van der Waals surface area contributed by atoms with Gasteiger partial charge in [-0.1, -0.05) is 30.3 Å². The van der Waals surface area contributed by atoms with Crippen LogP contribution in [0.25, 0.3) is 22.2 Å². The first kappa shape index (κ1) is 22.0. The number of methoxy groups -OCH3 is 1. The van der Waals surface area contributed by atoms with Gasteiger partial charge < -0.3 is 14.6 Å². The lowest BCUT2D eigenvalue weighted by molar-refractivity contribution is 0.0951. The summed E-state index contributed by atoms with van der Waals surface area (Å²) in [7, 11) is 1.54. The van der Waals surface area contributed by atoms with Crippen LogP contribution in [0.1, 0.15) is 21.5 Å². The van der Waals surface area contributed by atoms with Crippen molar-refractivity contribution in [1.29, 1.82) is 0 Å². The van der Waals surface area contributed by atoms with E-state index in [1.807, 2.05) is 30.3 Å². The number of carbonyl (C=O) groups excluding carboxylic acids is 1. The van der Waals surface area contributed by atoms with Crippen LogP contribution in [-0.2, 0) is 13.1 Å². The number of H-pyrrole nitrogens is 1. The summed E-state index contributed by atoms with van der Waals surface area (Å²) in [4.78, 5) is 30.0. The Morgan fingerprint density at radius 1 is 1.06 bits per heavy atom. The van der Waals surface area contributed by atoms with Crippen LogP contribution in [0.15, 0.2) is 77.9 Å². The Morgan fingerprint density at radius 3 is 2.69 bits per heavy atom. The molecule has 10 heteroatoms. The lowest BCUT2D eigenvalue weighted by Crippen LogP contribution is -2.24. The van der Waals surface area contributed by atoms with Gasteiger partial charge in [-0.25, -0.2) is 4.98 Å². The number of aromatic nitrogens is 6. The van der Waals surface area contributed by atoms with Crippen molar-refractivity contribution in [2.45, 2.75) is 13.1 Å². The number of benzene rings is 2. The Bertz CT molecular complexity index is 1540. The molecule has 0 spiro atoms. The number of ether oxygens (including phenoxy) is 1. The van der Waals surface area contributed by atoms with E-state index >= 15 is 0 Å². The van der Waals surface area contributed by atoms with Gasteiger partial charge in [-0.3, -0.25) is 9.59 Å². The van der Waals surface area contributed by atoms with Crippen LogP contribution in [0.2, 0.25) is 0 Å². The highest BCUT2D eigenvalue weighted by Gasteiger charge is 2.11. The number of fused-ring (bicyclic) bond motifs is 1. The molecule has 1 amide bonds. The monoisotopic (exact) mass is 467 g/mol. The minimum atomic E-state index is -0.269. The number of nitrogens with one attached hydrogen (secondary N) is 2. The maximum Gasteiger partial charge on any atom is 0.258 e. The number of hydrogen-bond donors (Lipinski definition) is 2. The minimum Gasteiger partial charge on any atom is -0.481 e. The second kappa shape index (κ2) is 9.56. The zero-order valence-corrected chi connectivity index (χ0v) is 18.8. The molecule has 3 heterocycles. The van der Waals surface area contributed by atoms with Crippen molar-refractivity contribution >= 4 is 16.7 Å². The van der Waals surface area contributed by atoms with E-state index in [0.29, 0.717) is 35.7 Å². The molecule has 0 saturated heterocycles. The van der Waals surface area contributed by atoms with Crippen LogP contribution in [0, 0.1) is 0 Å². The van der Waals surface area contributed by atoms with E-state index in [1.54, 1.807) is 47.3 Å². The molecule has 0 unspecified atom stereocenters. The van der Waals surface area contributed by atoms with Crippen LogP contribution >= 0.6 is 0 Å². The Hall–Kier alpha value is -4.86. The van der Waals surface area contributed by atoms with E-state index in [0.717, 1.165) is 22.1 Å². The maximum absolute atomic E-state index is 13.2. The summed E-state index contributed by atoms with van der Waals surface area (Å²) in [6.45, 7) is 0.705. The van der Waals surface area contributed by atoms with Crippen molar-refractivity contribution in [1.82, 2.24) is 35.5 Å². The number of amides is 1. The Balaban J connectivity index is 1.34. The average Bonchev–Trinajstić information content (AvgIpc) is 3.44. The zero-order chi connectivity index (χ0) is 24.2. The van der Waals surface area contributed by atoms with Gasteiger partial charge in [0.15, 0.2) is 0 Å². The van der Waals surface area contributed by atoms with Crippen LogP contribution in [0.3, 0.4) is 0 Å². The van der Waals surface area contributed by atoms with Gasteiger partial charge in [0, 0.05) is 41.5 Å². The summed E-state index contributed by atoms with van der Waals surface area (Å²) in [6, 6.07) is 18.2. The fraction of sp³-hybridized carbons (Fsp3) is 0.120. The van der Waals surface area contributed by atoms with Crippen molar-refractivity contribution in [3.05, 3.63) is 100 Å². The van der Waals surface area contributed by atoms with Crippen LogP contribution in [0.4, 0.5) is 0 Å². The van der Waals surface area contributed by atoms with Crippen molar-refractivity contribution in [3.8, 4) is 17.3 Å². The van der Waals surface area contributed by atoms with Crippen molar-refractivity contribution in [2.75, 3.05) is 7.11 Å². The summed E-state index contributed by atoms with van der Waals surface area (Å²) >= 11 is 0. The van der Waals surface area contributed by atoms with Crippen molar-refractivity contribution in [2.24, 2.45) is 0 Å². The summed E-state index contributed by atoms with van der Waals surface area (Å²) in [6.07, 6.45) is 3.38. The highest BCUT2D eigenvalue weighted by Crippen LogP contribution is 2.16. The normalized spacial score (nSPS) is 10.9. The quantitative estimate of drug-likeness (QED) is 0.376. The predicted octanol–water partition coefficient (Wildman–Crippen LogP) is 2.56. The molecular formula is C25H21N7O3. The first-order valence-corrected chi connectivity index (χ1v) is 10.8. The van der Waals surface area contributed by atoms with E-state index in [1.165, 1.54) is 7.11 Å². The third kappa shape index (κ3) is 4.76. The summed E-state index contributed by atoms with van der Waals surface area (Å²) < 4.78 is 6.74. The molecule has 2 aromatic carbocycles. The molecule has 0 aliphatic carbocycles. The van der Waals surface area contributed by atoms with E-state index < -0.39 is 0 Å². The van der Waals surface area contributed by atoms with E-state index in [2.05, 4.69) is 30.9 Å². The van der Waals surface area contributed by atoms with E-state index in [4.69, 9.17) is 4.74 Å². The SMILES string of the molecule is COc1cc(CNC(=O)c2ccc3ccn(Cc4ccc(-c5nn[nH]n5)cc4)c(=O)c3c2)ccn1. The third-order valence-corrected chi connectivity index (χ3v) is 5.61. The number of pyridine rings is 2. The average molecular weight is 467 g/mol. The van der Waals surface area contributed by atoms with Gasteiger partial charge in [-0.15, -0.1) is 10.2 Å². The highest BCUT2D eigenvalue weighted by atomic mass is 16.5. The van der Waals surface area contributed by atoms with Crippen molar-refractivity contribution in [3.63, 3.8) is 0 Å². The van der Waals surface area contributed by atoms with Crippen molar-refractivity contribution < 1.29 is 9.53 Å². The zero-order valence-electron chi connectivity index (χ0n) is 18.8. The van der Waals surface area contributed by atoms with Gasteiger partial charge >= 0.3 is 0 Å². The standard InChI is InChI=1S/C25H21N7O3/c1-35-22-12-17(8-10-26-22)14-27-24(33)20-7-6-18-9-11-32(25(34)21(18)13-20)15-16-2-4-19(5-3-16)23-28-30-31-29-23/h2-13H,14-15H2,1H3,(H,27,33)(H,28,29,30,31). The molecule has 5 rings (SSSR count). The largest absolute Gasteiger partial charge is 0.481 e. The second-order valence-electron chi connectivity index (χ2n) is 7.87. The molecule has 5 aromatic rings. The molecule has 0 radical (unpaired) electrons. The van der Waals surface area contributed by atoms with Gasteiger partial charge in [0.2, 0.25) is 11.7 Å². The number of aromatic amines is 1. The number of rotatable bonds is 7. The topological polar surface area (TPSA) is 128 Å². The Morgan fingerprint density at radius 2 is 1.91 bits per heavy atom. The fourth-order valence-corrected chi connectivity index (χ4v) is 3.74. The van der Waals surface area contributed by atoms with Crippen LogP contribution < -0.4 is 15.6 Å². The molecule has 0 aliphatic heterocycles. The van der Waals surface area contributed by atoms with Gasteiger partial charge in [-0.05, 0) is 46.0 Å². The van der Waals surface area contributed by atoms with E-state index in [9.17, 15) is 9.59 Å². The molecule has 174 valence electrons. The molecule has 10 nitrogen and oxygen atoms in total. The summed E-state index contributed by atoms with van der Waals surface area (Å²) in [5, 5.41) is 18.1. The second-order valence-corrected chi connectivity index (χ2v) is 7.87. The molecule has 35 heavy (non-hydrogen) atoms. The lowest BCUT2D eigenvalue weighted by atomic mass is 10.1. The number of nitrogens with zero attached hydrogens (tertiary/aromatic N) is 5. The third-order valence-electron chi connectivity index (χ3n) is 5.61. The predicted molar refractivity (Wildman–Crippen MR) is 129 cm³/mol. The number of hydrogen-bond acceptors (Lipinski definition) is 7. The summed E-state index contributed by atoms with van der Waals surface area (Å²) in [5.41, 5.74) is 2.88. The first-order chi connectivity index (χ1) is 17.1. The number of carbonyl (C=O) groups is 1. The molecule has 0 aliphatic rings. The lowest BCUT2D eigenvalue weighted by Gasteiger charge is -2.10. The van der Waals surface area contributed by atoms with Gasteiger partial charge in [-0.2, -0.15) is 5.21 Å². The first-order valence-electron chi connectivity index (χ1n) is 10.8. The van der Waals surface area contributed by atoms with Gasteiger partial charge in [0.25, 0.3) is 11.5 Å². The molecule has 0 atom stereocenters. The Labute approximate surface area is 199 Å². The van der Waals surface area contributed by atoms with Gasteiger partial charge in [0.1, 0.15) is 0 Å². The molecule has 0 bridgehead atoms. The van der Waals surface area contributed by atoms with Crippen LogP contribution in [-0.4, -0.2) is 43.2 Å². The molecule has 2 N–H and O–H groups in total. The Kier molecular flexibility index (Phi) is 6.00. The van der Waals surface area contributed by atoms with Crippen LogP contribution in [0.5, 0.6) is 5.88 Å². The molecule has 0 saturated carbocycles. The molecule has 3 aromatic heterocycles. The van der Waals surface area contributed by atoms with E-state index in [-0.39, 0.29) is 11.5 Å². The fourth-order valence-electron chi connectivity index (χ4n) is 3.74. The maximum atomic E-state index is 13.2. The van der Waals surface area contributed by atoms with Gasteiger partial charge in [0.05, 0.1) is 13.7 Å². The summed E-state index contributed by atoms with van der Waals surface area (Å²) in [5.74, 6) is 0.718. The molecular weight excluding hydrogens is 446 g/mol. The number of tetrazole rings is 1.